The molecule has 3 rings (SSSR count). The molecule has 1 saturated heterocycles. The van der Waals surface area contributed by atoms with E-state index < -0.39 is 0 Å². The Morgan fingerprint density at radius 1 is 1.32 bits per heavy atom. The Labute approximate surface area is 135 Å². The predicted octanol–water partition coefficient (Wildman–Crippen LogP) is 2.99. The Bertz CT molecular complexity index is 630. The lowest BCUT2D eigenvalue weighted by Gasteiger charge is -2.19. The van der Waals surface area contributed by atoms with E-state index in [0.717, 1.165) is 24.5 Å². The number of amides is 1. The number of hydrogen-bond donors (Lipinski definition) is 1. The van der Waals surface area contributed by atoms with E-state index in [2.05, 4.69) is 15.2 Å². The van der Waals surface area contributed by atoms with Crippen LogP contribution in [0.4, 0.5) is 5.69 Å². The summed E-state index contributed by atoms with van der Waals surface area (Å²) in [5.41, 5.74) is 1.79. The van der Waals surface area contributed by atoms with Crippen LogP contribution in [0, 0.1) is 5.92 Å². The van der Waals surface area contributed by atoms with Crippen molar-refractivity contribution in [1.29, 1.82) is 0 Å². The molecule has 1 aromatic carbocycles. The second kappa shape index (κ2) is 6.79. The van der Waals surface area contributed by atoms with Crippen LogP contribution in [0.3, 0.4) is 0 Å². The molecule has 1 atom stereocenters. The van der Waals surface area contributed by atoms with Gasteiger partial charge in [0.25, 0.3) is 5.91 Å². The number of aromatic nitrogens is 1. The predicted molar refractivity (Wildman–Crippen MR) is 88.3 cm³/mol. The van der Waals surface area contributed by atoms with E-state index in [1.165, 1.54) is 5.69 Å². The molecule has 114 valence electrons. The number of hydrogen-bond acceptors (Lipinski definition) is 3. The fourth-order valence-electron chi connectivity index (χ4n) is 2.72. The van der Waals surface area contributed by atoms with E-state index in [1.54, 1.807) is 24.5 Å². The van der Waals surface area contributed by atoms with Crippen LogP contribution in [0.25, 0.3) is 0 Å². The molecule has 22 heavy (non-hydrogen) atoms. The first kappa shape index (κ1) is 14.9. The molecular weight excluding hydrogens is 298 g/mol. The molecule has 1 N–H and O–H groups in total. The van der Waals surface area contributed by atoms with Crippen molar-refractivity contribution in [2.75, 3.05) is 24.5 Å². The lowest BCUT2D eigenvalue weighted by molar-refractivity contribution is 0.0948. The van der Waals surface area contributed by atoms with Crippen molar-refractivity contribution in [2.24, 2.45) is 5.92 Å². The number of nitrogens with zero attached hydrogens (tertiary/aromatic N) is 2. The van der Waals surface area contributed by atoms with Gasteiger partial charge in [-0.1, -0.05) is 11.6 Å². The van der Waals surface area contributed by atoms with Crippen molar-refractivity contribution in [1.82, 2.24) is 10.3 Å². The minimum Gasteiger partial charge on any atom is -0.371 e. The molecule has 1 fully saturated rings. The molecule has 0 bridgehead atoms. The third-order valence-electron chi connectivity index (χ3n) is 3.95. The largest absolute Gasteiger partial charge is 0.371 e. The Balaban J connectivity index is 1.51. The Kier molecular flexibility index (Phi) is 4.59. The summed E-state index contributed by atoms with van der Waals surface area (Å²) in [7, 11) is 0. The number of rotatable bonds is 4. The van der Waals surface area contributed by atoms with Crippen molar-refractivity contribution in [3.63, 3.8) is 0 Å². The summed E-state index contributed by atoms with van der Waals surface area (Å²) in [6.45, 7) is 2.65. The summed E-state index contributed by atoms with van der Waals surface area (Å²) in [6, 6.07) is 11.4. The Morgan fingerprint density at radius 2 is 2.14 bits per heavy atom. The zero-order valence-corrected chi connectivity index (χ0v) is 13.0. The summed E-state index contributed by atoms with van der Waals surface area (Å²) in [5, 5.41) is 3.75. The molecule has 0 spiro atoms. The lowest BCUT2D eigenvalue weighted by atomic mass is 10.1. The highest BCUT2D eigenvalue weighted by Crippen LogP contribution is 2.24. The number of halogens is 1. The van der Waals surface area contributed by atoms with Crippen LogP contribution in [0.1, 0.15) is 16.8 Å². The van der Waals surface area contributed by atoms with E-state index in [0.29, 0.717) is 18.0 Å². The second-order valence-corrected chi connectivity index (χ2v) is 5.97. The Hall–Kier alpha value is -2.07. The first-order chi connectivity index (χ1) is 10.7. The SMILES string of the molecule is O=C(NCC1CCN(c2ccc(Cl)cc2)C1)c1cccnc1. The van der Waals surface area contributed by atoms with E-state index in [-0.39, 0.29) is 5.91 Å². The number of anilines is 1. The quantitative estimate of drug-likeness (QED) is 0.943. The maximum atomic E-state index is 12.0. The minimum absolute atomic E-state index is 0.0574. The van der Waals surface area contributed by atoms with Gasteiger partial charge < -0.3 is 10.2 Å². The van der Waals surface area contributed by atoms with Crippen LogP contribution in [-0.2, 0) is 0 Å². The fraction of sp³-hybridized carbons (Fsp3) is 0.294. The average molecular weight is 316 g/mol. The molecule has 2 heterocycles. The summed E-state index contributed by atoms with van der Waals surface area (Å²) in [5.74, 6) is 0.411. The number of benzene rings is 1. The molecule has 0 saturated carbocycles. The zero-order chi connectivity index (χ0) is 15.4. The van der Waals surface area contributed by atoms with Crippen molar-refractivity contribution in [3.8, 4) is 0 Å². The van der Waals surface area contributed by atoms with Gasteiger partial charge >= 0.3 is 0 Å². The molecule has 2 aromatic rings. The van der Waals surface area contributed by atoms with Crippen LogP contribution in [-0.4, -0.2) is 30.5 Å². The fourth-order valence-corrected chi connectivity index (χ4v) is 2.85. The highest BCUT2D eigenvalue weighted by molar-refractivity contribution is 6.30. The van der Waals surface area contributed by atoms with Crippen LogP contribution in [0.2, 0.25) is 5.02 Å². The van der Waals surface area contributed by atoms with Crippen molar-refractivity contribution in [3.05, 3.63) is 59.4 Å². The third kappa shape index (κ3) is 3.57. The molecule has 1 aliphatic heterocycles. The molecule has 5 heteroatoms. The summed E-state index contributed by atoms with van der Waals surface area (Å²) in [6.07, 6.45) is 4.33. The second-order valence-electron chi connectivity index (χ2n) is 5.53. The normalized spacial score (nSPS) is 17.5. The van der Waals surface area contributed by atoms with Gasteiger partial charge in [-0.05, 0) is 48.7 Å². The topological polar surface area (TPSA) is 45.2 Å². The van der Waals surface area contributed by atoms with Crippen molar-refractivity contribution >= 4 is 23.2 Å². The van der Waals surface area contributed by atoms with Crippen LogP contribution in [0.15, 0.2) is 48.8 Å². The number of carbonyl (C=O) groups excluding carboxylic acids is 1. The molecule has 0 aliphatic carbocycles. The summed E-state index contributed by atoms with van der Waals surface area (Å²) < 4.78 is 0. The maximum absolute atomic E-state index is 12.0. The van der Waals surface area contributed by atoms with Crippen LogP contribution >= 0.6 is 11.6 Å². The molecular formula is C17H18ClN3O. The van der Waals surface area contributed by atoms with Gasteiger partial charge in [0.2, 0.25) is 0 Å². The van der Waals surface area contributed by atoms with Gasteiger partial charge in [0.05, 0.1) is 5.56 Å². The monoisotopic (exact) mass is 315 g/mol. The van der Waals surface area contributed by atoms with E-state index in [4.69, 9.17) is 11.6 Å². The molecule has 1 unspecified atom stereocenters. The van der Waals surface area contributed by atoms with Gasteiger partial charge in [0.1, 0.15) is 0 Å². The van der Waals surface area contributed by atoms with Crippen molar-refractivity contribution < 1.29 is 4.79 Å². The van der Waals surface area contributed by atoms with E-state index >= 15 is 0 Å². The van der Waals surface area contributed by atoms with Gasteiger partial charge in [-0.2, -0.15) is 0 Å². The van der Waals surface area contributed by atoms with E-state index in [9.17, 15) is 4.79 Å². The van der Waals surface area contributed by atoms with E-state index in [1.807, 2.05) is 24.3 Å². The summed E-state index contributed by atoms with van der Waals surface area (Å²) >= 11 is 5.92. The average Bonchev–Trinajstić information content (AvgIpc) is 3.03. The third-order valence-corrected chi connectivity index (χ3v) is 4.20. The van der Waals surface area contributed by atoms with Crippen molar-refractivity contribution in [2.45, 2.75) is 6.42 Å². The standard InChI is InChI=1S/C17H18ClN3O/c18-15-3-5-16(6-4-15)21-9-7-13(12-21)10-20-17(22)14-2-1-8-19-11-14/h1-6,8,11,13H,7,9-10,12H2,(H,20,22). The lowest BCUT2D eigenvalue weighted by Crippen LogP contribution is -2.31. The highest BCUT2D eigenvalue weighted by Gasteiger charge is 2.23. The molecule has 1 aromatic heterocycles. The summed E-state index contributed by atoms with van der Waals surface area (Å²) in [4.78, 5) is 18.3. The minimum atomic E-state index is -0.0574. The first-order valence-electron chi connectivity index (χ1n) is 7.41. The van der Waals surface area contributed by atoms with Gasteiger partial charge in [-0.15, -0.1) is 0 Å². The smallest absolute Gasteiger partial charge is 0.252 e. The van der Waals surface area contributed by atoms with Gasteiger partial charge in [0.15, 0.2) is 0 Å². The first-order valence-corrected chi connectivity index (χ1v) is 7.79. The number of pyridine rings is 1. The van der Waals surface area contributed by atoms with Crippen LogP contribution < -0.4 is 10.2 Å². The molecule has 4 nitrogen and oxygen atoms in total. The molecule has 1 amide bonds. The maximum Gasteiger partial charge on any atom is 0.252 e. The van der Waals surface area contributed by atoms with Crippen LogP contribution in [0.5, 0.6) is 0 Å². The number of nitrogens with one attached hydrogen (secondary N) is 1. The molecule has 1 aliphatic rings. The van der Waals surface area contributed by atoms with Gasteiger partial charge in [-0.25, -0.2) is 0 Å². The zero-order valence-electron chi connectivity index (χ0n) is 12.2. The highest BCUT2D eigenvalue weighted by atomic mass is 35.5. The number of carbonyl (C=O) groups is 1. The molecule has 0 radical (unpaired) electrons. The van der Waals surface area contributed by atoms with Gasteiger partial charge in [0, 0.05) is 42.7 Å². The van der Waals surface area contributed by atoms with Gasteiger partial charge in [-0.3, -0.25) is 9.78 Å². The Morgan fingerprint density at radius 3 is 2.86 bits per heavy atom.